The van der Waals surface area contributed by atoms with Gasteiger partial charge < -0.3 is 10.1 Å². The van der Waals surface area contributed by atoms with Crippen molar-refractivity contribution in [3.8, 4) is 0 Å². The minimum Gasteiger partial charge on any atom is -0.449 e. The van der Waals surface area contributed by atoms with Crippen molar-refractivity contribution >= 4 is 23.3 Å². The number of non-ortho nitro benzene ring substituents is 1. The van der Waals surface area contributed by atoms with E-state index in [0.717, 1.165) is 43.3 Å². The van der Waals surface area contributed by atoms with E-state index in [1.807, 2.05) is 5.32 Å². The zero-order valence-corrected chi connectivity index (χ0v) is 14.1. The lowest BCUT2D eigenvalue weighted by atomic mass is 10.1. The van der Waals surface area contributed by atoms with Crippen LogP contribution in [0.15, 0.2) is 42.5 Å². The molecular formula is C17H12F4N2O5. The van der Waals surface area contributed by atoms with Crippen LogP contribution in [0.25, 0.3) is 0 Å². The highest BCUT2D eigenvalue weighted by atomic mass is 19.4. The first-order chi connectivity index (χ1) is 13.0. The van der Waals surface area contributed by atoms with Crippen molar-refractivity contribution in [1.82, 2.24) is 0 Å². The Bertz CT molecular complexity index is 913. The molecule has 7 nitrogen and oxygen atoms in total. The molecule has 28 heavy (non-hydrogen) atoms. The highest BCUT2D eigenvalue weighted by Crippen LogP contribution is 2.37. The van der Waals surface area contributed by atoms with Crippen molar-refractivity contribution in [2.24, 2.45) is 0 Å². The summed E-state index contributed by atoms with van der Waals surface area (Å²) in [4.78, 5) is 33.6. The molecule has 1 N–H and O–H groups in total. The van der Waals surface area contributed by atoms with Crippen LogP contribution >= 0.6 is 0 Å². The van der Waals surface area contributed by atoms with Crippen LogP contribution in [0.4, 0.5) is 28.9 Å². The minimum atomic E-state index is -4.97. The molecule has 11 heteroatoms. The van der Waals surface area contributed by atoms with Crippen LogP contribution in [0.1, 0.15) is 22.8 Å². The number of anilines is 1. The van der Waals surface area contributed by atoms with Gasteiger partial charge in [0.1, 0.15) is 5.82 Å². The number of carbonyl (C=O) groups excluding carboxylic acids is 2. The third-order valence-electron chi connectivity index (χ3n) is 3.51. The van der Waals surface area contributed by atoms with Crippen molar-refractivity contribution in [1.29, 1.82) is 0 Å². The Kier molecular flexibility index (Phi) is 5.96. The van der Waals surface area contributed by atoms with E-state index in [9.17, 15) is 37.3 Å². The van der Waals surface area contributed by atoms with Gasteiger partial charge in [0, 0.05) is 12.1 Å². The molecule has 148 valence electrons. The SMILES string of the molecule is C[C@@H](OC(=O)c1ccc(F)cc1)C(=O)Nc1ccc([N+](=O)[O-])cc1C(F)(F)F. The molecule has 0 aliphatic heterocycles. The molecule has 0 heterocycles. The molecule has 1 atom stereocenters. The maximum Gasteiger partial charge on any atom is 0.418 e. The van der Waals surface area contributed by atoms with Crippen LogP contribution in [-0.2, 0) is 15.7 Å². The molecule has 1 amide bonds. The summed E-state index contributed by atoms with van der Waals surface area (Å²) in [6.45, 7) is 1.12. The fraction of sp³-hybridized carbons (Fsp3) is 0.176. The first-order valence-electron chi connectivity index (χ1n) is 7.62. The third-order valence-corrected chi connectivity index (χ3v) is 3.51. The number of alkyl halides is 3. The Labute approximate surface area is 155 Å². The quantitative estimate of drug-likeness (QED) is 0.355. The maximum absolute atomic E-state index is 13.1. The van der Waals surface area contributed by atoms with Crippen LogP contribution in [0.3, 0.4) is 0 Å². The van der Waals surface area contributed by atoms with Crippen molar-refractivity contribution < 1.29 is 36.8 Å². The summed E-state index contributed by atoms with van der Waals surface area (Å²) in [5.41, 5.74) is -3.02. The van der Waals surface area contributed by atoms with Crippen molar-refractivity contribution in [3.63, 3.8) is 0 Å². The fourth-order valence-corrected chi connectivity index (χ4v) is 2.09. The second kappa shape index (κ2) is 8.03. The Morgan fingerprint density at radius 2 is 1.75 bits per heavy atom. The summed E-state index contributed by atoms with van der Waals surface area (Å²) in [6, 6.07) is 6.01. The van der Waals surface area contributed by atoms with Gasteiger partial charge in [-0.15, -0.1) is 0 Å². The standard InChI is InChI=1S/C17H12F4N2O5/c1-9(28-16(25)10-2-4-11(18)5-3-10)15(24)22-14-7-6-12(23(26)27)8-13(14)17(19,20)21/h2-9H,1H3,(H,22,24)/t9-/m1/s1. The zero-order valence-electron chi connectivity index (χ0n) is 14.1. The van der Waals surface area contributed by atoms with Crippen LogP contribution in [0, 0.1) is 15.9 Å². The Morgan fingerprint density at radius 3 is 2.29 bits per heavy atom. The third kappa shape index (κ3) is 5.02. The van der Waals surface area contributed by atoms with Crippen LogP contribution < -0.4 is 5.32 Å². The van der Waals surface area contributed by atoms with E-state index in [4.69, 9.17) is 4.74 Å². The van der Waals surface area contributed by atoms with Gasteiger partial charge in [0.2, 0.25) is 0 Å². The molecular weight excluding hydrogens is 388 g/mol. The molecule has 2 aromatic rings. The van der Waals surface area contributed by atoms with E-state index in [0.29, 0.717) is 0 Å². The van der Waals surface area contributed by atoms with Gasteiger partial charge in [-0.2, -0.15) is 13.2 Å². The molecule has 0 fully saturated rings. The number of halogens is 4. The van der Waals surface area contributed by atoms with Crippen molar-refractivity contribution in [2.75, 3.05) is 5.32 Å². The van der Waals surface area contributed by atoms with Gasteiger partial charge in [0.15, 0.2) is 6.10 Å². The number of carbonyl (C=O) groups is 2. The van der Waals surface area contributed by atoms with E-state index in [1.165, 1.54) is 0 Å². The molecule has 0 aromatic heterocycles. The highest BCUT2D eigenvalue weighted by molar-refractivity contribution is 5.97. The molecule has 0 spiro atoms. The van der Waals surface area contributed by atoms with E-state index >= 15 is 0 Å². The maximum atomic E-state index is 13.1. The van der Waals surface area contributed by atoms with E-state index in [-0.39, 0.29) is 11.6 Å². The second-order valence-corrected chi connectivity index (χ2v) is 5.53. The van der Waals surface area contributed by atoms with Gasteiger partial charge in [-0.05, 0) is 37.3 Å². The average Bonchev–Trinajstić information content (AvgIpc) is 2.61. The van der Waals surface area contributed by atoms with E-state index in [2.05, 4.69) is 0 Å². The van der Waals surface area contributed by atoms with Crippen LogP contribution in [-0.4, -0.2) is 22.9 Å². The van der Waals surface area contributed by atoms with Gasteiger partial charge in [-0.3, -0.25) is 14.9 Å². The Hall–Kier alpha value is -3.50. The molecule has 0 aliphatic carbocycles. The summed E-state index contributed by atoms with van der Waals surface area (Å²) in [5, 5.41) is 12.6. The first kappa shape index (κ1) is 20.8. The van der Waals surface area contributed by atoms with Crippen molar-refractivity contribution in [2.45, 2.75) is 19.2 Å². The topological polar surface area (TPSA) is 98.5 Å². The molecule has 0 bridgehead atoms. The molecule has 0 aliphatic rings. The number of ether oxygens (including phenoxy) is 1. The predicted molar refractivity (Wildman–Crippen MR) is 88.0 cm³/mol. The number of rotatable bonds is 5. The lowest BCUT2D eigenvalue weighted by molar-refractivity contribution is -0.385. The number of nitrogens with one attached hydrogen (secondary N) is 1. The van der Waals surface area contributed by atoms with Crippen LogP contribution in [0.2, 0.25) is 0 Å². The molecule has 2 aromatic carbocycles. The number of hydrogen-bond donors (Lipinski definition) is 1. The second-order valence-electron chi connectivity index (χ2n) is 5.53. The molecule has 0 saturated carbocycles. The smallest absolute Gasteiger partial charge is 0.418 e. The molecule has 0 unspecified atom stereocenters. The van der Waals surface area contributed by atoms with Crippen LogP contribution in [0.5, 0.6) is 0 Å². The van der Waals surface area contributed by atoms with E-state index < -0.39 is 51.8 Å². The molecule has 0 saturated heterocycles. The minimum absolute atomic E-state index is 0.0626. The normalized spacial score (nSPS) is 12.2. The summed E-state index contributed by atoms with van der Waals surface area (Å²) in [6.07, 6.45) is -6.46. The van der Waals surface area contributed by atoms with Gasteiger partial charge in [-0.25, -0.2) is 9.18 Å². The molecule has 0 radical (unpaired) electrons. The number of nitro benzene ring substituents is 1. The Balaban J connectivity index is 2.16. The Morgan fingerprint density at radius 1 is 1.14 bits per heavy atom. The predicted octanol–water partition coefficient (Wildman–Crippen LogP) is 3.94. The van der Waals surface area contributed by atoms with Gasteiger partial charge in [-0.1, -0.05) is 0 Å². The number of hydrogen-bond acceptors (Lipinski definition) is 5. The summed E-state index contributed by atoms with van der Waals surface area (Å²) < 4.78 is 57.0. The van der Waals surface area contributed by atoms with E-state index in [1.54, 1.807) is 0 Å². The summed E-state index contributed by atoms with van der Waals surface area (Å²) in [5.74, 6) is -2.67. The average molecular weight is 400 g/mol. The van der Waals surface area contributed by atoms with Gasteiger partial charge >= 0.3 is 12.1 Å². The number of benzene rings is 2. The number of nitrogens with zero attached hydrogens (tertiary/aromatic N) is 1. The largest absolute Gasteiger partial charge is 0.449 e. The molecule has 2 rings (SSSR count). The fourth-order valence-electron chi connectivity index (χ4n) is 2.09. The lowest BCUT2D eigenvalue weighted by Crippen LogP contribution is -2.30. The summed E-state index contributed by atoms with van der Waals surface area (Å²) >= 11 is 0. The number of amides is 1. The summed E-state index contributed by atoms with van der Waals surface area (Å²) in [7, 11) is 0. The highest BCUT2D eigenvalue weighted by Gasteiger charge is 2.36. The first-order valence-corrected chi connectivity index (χ1v) is 7.62. The lowest BCUT2D eigenvalue weighted by Gasteiger charge is -2.17. The van der Waals surface area contributed by atoms with Gasteiger partial charge in [0.05, 0.1) is 21.7 Å². The number of esters is 1. The monoisotopic (exact) mass is 400 g/mol. The van der Waals surface area contributed by atoms with Crippen molar-refractivity contribution in [3.05, 3.63) is 69.5 Å². The zero-order chi connectivity index (χ0) is 21.1. The number of nitro groups is 1. The van der Waals surface area contributed by atoms with Gasteiger partial charge in [0.25, 0.3) is 11.6 Å².